The Labute approximate surface area is 182 Å². The number of hydrogen-bond acceptors (Lipinski definition) is 7. The molecule has 0 amide bonds. The molecule has 0 heterocycles. The molecule has 2 rings (SSSR count). The second kappa shape index (κ2) is 11.0. The zero-order chi connectivity index (χ0) is 14.4. The van der Waals surface area contributed by atoms with Crippen LogP contribution in [0.2, 0.25) is 0 Å². The first-order chi connectivity index (χ1) is 8.59. The normalized spacial score (nSPS) is 10.1. The molecule has 126 valence electrons. The van der Waals surface area contributed by atoms with Crippen molar-refractivity contribution in [2.75, 3.05) is 5.73 Å². The van der Waals surface area contributed by atoms with Gasteiger partial charge in [-0.2, -0.15) is 0 Å². The van der Waals surface area contributed by atoms with Gasteiger partial charge in [-0.3, -0.25) is 0 Å². The molecule has 0 aliphatic rings. The minimum atomic E-state index is -4.78. The zero-order valence-corrected chi connectivity index (χ0v) is 18.4. The van der Waals surface area contributed by atoms with Crippen molar-refractivity contribution >= 4 is 36.7 Å². The fourth-order valence-corrected chi connectivity index (χ4v) is 2.77. The van der Waals surface area contributed by atoms with Crippen molar-refractivity contribution in [3.8, 4) is 0 Å². The van der Waals surface area contributed by atoms with Crippen LogP contribution in [0.3, 0.4) is 0 Å². The van der Waals surface area contributed by atoms with E-state index in [9.17, 15) is 25.9 Å². The maximum absolute atomic E-state index is 11.0. The third kappa shape index (κ3) is 7.21. The summed E-state index contributed by atoms with van der Waals surface area (Å²) in [6.07, 6.45) is 0. The van der Waals surface area contributed by atoms with E-state index in [2.05, 4.69) is 0 Å². The van der Waals surface area contributed by atoms with E-state index in [0.29, 0.717) is 5.39 Å². The smallest absolute Gasteiger partial charge is 0.744 e. The molecule has 0 bridgehead atoms. The molecule has 0 spiro atoms. The van der Waals surface area contributed by atoms with Crippen LogP contribution in [0.25, 0.3) is 10.8 Å². The van der Waals surface area contributed by atoms with Crippen LogP contribution >= 0.6 is 0 Å². The van der Waals surface area contributed by atoms with Crippen LogP contribution < -0.4 is 64.8 Å². The SMILES string of the molecule is Nc1cc2ccc(S(=O)(=O)[O-])cc2cc1S(=O)(=O)[O-].O.O.O.[Na+].[Na+]. The summed E-state index contributed by atoms with van der Waals surface area (Å²) in [5.41, 5.74) is 5.20. The molecule has 2 aromatic rings. The van der Waals surface area contributed by atoms with Gasteiger partial charge in [0.05, 0.1) is 9.79 Å². The maximum atomic E-state index is 11.0. The molecule has 8 N–H and O–H groups in total. The van der Waals surface area contributed by atoms with Crippen LogP contribution in [0, 0.1) is 0 Å². The third-order valence-electron chi connectivity index (χ3n) is 2.50. The van der Waals surface area contributed by atoms with E-state index in [4.69, 9.17) is 5.73 Å². The predicted molar refractivity (Wildman–Crippen MR) is 75.1 cm³/mol. The van der Waals surface area contributed by atoms with Crippen LogP contribution in [0.1, 0.15) is 0 Å². The summed E-state index contributed by atoms with van der Waals surface area (Å²) in [5.74, 6) is 0. The number of nitrogens with two attached hydrogens (primary N) is 1. The molecule has 2 aromatic carbocycles. The summed E-state index contributed by atoms with van der Waals surface area (Å²) in [5, 5.41) is 0.540. The van der Waals surface area contributed by atoms with Gasteiger partial charge in [-0.15, -0.1) is 0 Å². The van der Waals surface area contributed by atoms with Gasteiger partial charge in [0.2, 0.25) is 0 Å². The zero-order valence-electron chi connectivity index (χ0n) is 12.7. The fraction of sp³-hybridized carbons (Fsp3) is 0. The fourth-order valence-electron chi connectivity index (χ4n) is 1.64. The van der Waals surface area contributed by atoms with Crippen molar-refractivity contribution in [1.82, 2.24) is 0 Å². The molecule has 14 heteroatoms. The van der Waals surface area contributed by atoms with Gasteiger partial charge in [-0.1, -0.05) is 6.07 Å². The molecule has 10 nitrogen and oxygen atoms in total. The van der Waals surface area contributed by atoms with Gasteiger partial charge in [0.25, 0.3) is 0 Å². The first-order valence-corrected chi connectivity index (χ1v) is 7.66. The van der Waals surface area contributed by atoms with E-state index in [-0.39, 0.29) is 86.6 Å². The summed E-state index contributed by atoms with van der Waals surface area (Å²) in [6, 6.07) is 5.54. The van der Waals surface area contributed by atoms with Gasteiger partial charge in [0, 0.05) is 5.69 Å². The summed E-state index contributed by atoms with van der Waals surface area (Å²) < 4.78 is 65.5. The van der Waals surface area contributed by atoms with E-state index in [1.54, 1.807) is 0 Å². The standard InChI is InChI=1S/C10H9NO6S2.2Na.3H2O/c11-9-4-6-1-2-8(18(12,13)14)3-7(6)5-10(9)19(15,16)17;;;;;/h1-5H,11H2,(H,12,13,14)(H,15,16,17);;;3*1H2/q;2*+1;;;/p-2. The Morgan fingerprint density at radius 1 is 0.750 bits per heavy atom. The molecule has 24 heavy (non-hydrogen) atoms. The van der Waals surface area contributed by atoms with Gasteiger partial charge in [-0.25, -0.2) is 16.8 Å². The number of nitrogen functional groups attached to an aromatic ring is 1. The second-order valence-electron chi connectivity index (χ2n) is 3.81. The Kier molecular flexibility index (Phi) is 14.7. The number of hydrogen-bond donors (Lipinski definition) is 1. The monoisotopic (exact) mass is 401 g/mol. The Hall–Kier alpha value is 0.200. The molecule has 0 unspecified atom stereocenters. The first kappa shape index (κ1) is 31.9. The predicted octanol–water partition coefficient (Wildman–Crippen LogP) is -8.24. The molecule has 0 aromatic heterocycles. The van der Waals surface area contributed by atoms with Crippen LogP contribution in [0.4, 0.5) is 5.69 Å². The average molecular weight is 401 g/mol. The van der Waals surface area contributed by atoms with Crippen molar-refractivity contribution < 1.29 is 101 Å². The molecule has 0 fully saturated rings. The molecule has 0 saturated carbocycles. The van der Waals surface area contributed by atoms with Gasteiger partial charge in [0.1, 0.15) is 20.2 Å². The van der Waals surface area contributed by atoms with Crippen molar-refractivity contribution in [3.63, 3.8) is 0 Å². The molecule has 0 aliphatic carbocycles. The second-order valence-corrected chi connectivity index (χ2v) is 6.53. The van der Waals surface area contributed by atoms with Crippen LogP contribution in [-0.4, -0.2) is 42.4 Å². The first-order valence-electron chi connectivity index (χ1n) is 4.84. The molecular formula is C10H13NNa2O9S2. The van der Waals surface area contributed by atoms with Gasteiger partial charge in [-0.05, 0) is 35.0 Å². The molecular weight excluding hydrogens is 388 g/mol. The minimum Gasteiger partial charge on any atom is -0.744 e. The molecule has 0 radical (unpaired) electrons. The Bertz CT molecular complexity index is 885. The van der Waals surface area contributed by atoms with E-state index in [1.165, 1.54) is 12.1 Å². The number of benzene rings is 2. The average Bonchev–Trinajstić information content (AvgIpc) is 2.24. The number of rotatable bonds is 2. The number of anilines is 1. The minimum absolute atomic E-state index is 0. The molecule has 0 aliphatic heterocycles. The quantitative estimate of drug-likeness (QED) is 0.289. The van der Waals surface area contributed by atoms with Gasteiger partial charge >= 0.3 is 59.1 Å². The molecule has 0 saturated heterocycles. The third-order valence-corrected chi connectivity index (χ3v) is 4.22. The van der Waals surface area contributed by atoms with Crippen molar-refractivity contribution in [2.45, 2.75) is 9.79 Å². The van der Waals surface area contributed by atoms with Crippen molar-refractivity contribution in [3.05, 3.63) is 30.3 Å². The van der Waals surface area contributed by atoms with Gasteiger partial charge in [0.15, 0.2) is 0 Å². The Morgan fingerprint density at radius 3 is 1.67 bits per heavy atom. The number of fused-ring (bicyclic) bond motifs is 1. The van der Waals surface area contributed by atoms with E-state index in [1.807, 2.05) is 0 Å². The summed E-state index contributed by atoms with van der Waals surface area (Å²) in [6.45, 7) is 0. The summed E-state index contributed by atoms with van der Waals surface area (Å²) in [7, 11) is -9.44. The van der Waals surface area contributed by atoms with E-state index in [0.717, 1.165) is 18.2 Å². The van der Waals surface area contributed by atoms with Crippen molar-refractivity contribution in [1.29, 1.82) is 0 Å². The Balaban J connectivity index is -0.000000400. The van der Waals surface area contributed by atoms with Crippen LogP contribution in [0.15, 0.2) is 40.1 Å². The summed E-state index contributed by atoms with van der Waals surface area (Å²) >= 11 is 0. The van der Waals surface area contributed by atoms with Crippen molar-refractivity contribution in [2.24, 2.45) is 0 Å². The van der Waals surface area contributed by atoms with E-state index < -0.39 is 30.0 Å². The molecule has 0 atom stereocenters. The Morgan fingerprint density at radius 2 is 1.25 bits per heavy atom. The van der Waals surface area contributed by atoms with E-state index >= 15 is 0 Å². The van der Waals surface area contributed by atoms with Gasteiger partial charge < -0.3 is 31.3 Å². The largest absolute Gasteiger partial charge is 1.00 e. The topological polar surface area (TPSA) is 235 Å². The maximum Gasteiger partial charge on any atom is 1.00 e. The van der Waals surface area contributed by atoms with Crippen LogP contribution in [-0.2, 0) is 20.2 Å². The van der Waals surface area contributed by atoms with Crippen LogP contribution in [0.5, 0.6) is 0 Å². The summed E-state index contributed by atoms with van der Waals surface area (Å²) in [4.78, 5) is -1.17.